The number of esters is 2. The van der Waals surface area contributed by atoms with Gasteiger partial charge in [0.25, 0.3) is 0 Å². The molecule has 0 aliphatic carbocycles. The van der Waals surface area contributed by atoms with E-state index in [9.17, 15) is 9.59 Å². The van der Waals surface area contributed by atoms with Crippen LogP contribution < -0.4 is 0 Å². The van der Waals surface area contributed by atoms with E-state index in [1.165, 1.54) is 7.11 Å². The molecule has 1 heterocycles. The molecule has 0 saturated carbocycles. The third kappa shape index (κ3) is 4.18. The van der Waals surface area contributed by atoms with Gasteiger partial charge in [-0.3, -0.25) is 0 Å². The van der Waals surface area contributed by atoms with E-state index in [0.717, 1.165) is 10.9 Å². The Morgan fingerprint density at radius 2 is 1.68 bits per heavy atom. The molecule has 144 valence electrons. The van der Waals surface area contributed by atoms with Crippen LogP contribution in [0.15, 0.2) is 54.6 Å². The predicted molar refractivity (Wildman–Crippen MR) is 105 cm³/mol. The second kappa shape index (κ2) is 9.10. The number of methoxy groups -OCH3 is 1. The first-order valence-corrected chi connectivity index (χ1v) is 8.94. The van der Waals surface area contributed by atoms with Crippen molar-refractivity contribution < 1.29 is 23.8 Å². The molecule has 3 aromatic rings. The van der Waals surface area contributed by atoms with Crippen LogP contribution in [0.2, 0.25) is 0 Å². The number of para-hydroxylation sites is 1. The van der Waals surface area contributed by atoms with Gasteiger partial charge in [0.15, 0.2) is 0 Å². The van der Waals surface area contributed by atoms with Gasteiger partial charge in [-0.2, -0.15) is 0 Å². The van der Waals surface area contributed by atoms with Crippen molar-refractivity contribution in [2.24, 2.45) is 0 Å². The minimum Gasteiger partial charge on any atom is -0.462 e. The van der Waals surface area contributed by atoms with E-state index in [0.29, 0.717) is 22.3 Å². The fourth-order valence-electron chi connectivity index (χ4n) is 3.00. The molecule has 0 aliphatic rings. The van der Waals surface area contributed by atoms with Crippen molar-refractivity contribution in [3.8, 4) is 11.1 Å². The van der Waals surface area contributed by atoms with Gasteiger partial charge in [0, 0.05) is 18.1 Å². The molecular weight excluding hydrogens is 358 g/mol. The van der Waals surface area contributed by atoms with E-state index in [4.69, 9.17) is 14.2 Å². The summed E-state index contributed by atoms with van der Waals surface area (Å²) in [6, 6.07) is 17.1. The van der Waals surface area contributed by atoms with Gasteiger partial charge in [-0.15, -0.1) is 0 Å². The van der Waals surface area contributed by atoms with Crippen molar-refractivity contribution >= 4 is 22.8 Å². The molecule has 28 heavy (non-hydrogen) atoms. The standard InChI is InChI=1S/C22H21NO5/c1-3-27-22(25)21-18(13-28-19(24)14-26-2)23-17-12-8-7-11-16(17)20(21)15-9-5-4-6-10-15/h4-12H,3,13-14H2,1-2H3. The fourth-order valence-corrected chi connectivity index (χ4v) is 3.00. The third-order valence-electron chi connectivity index (χ3n) is 4.14. The molecular formula is C22H21NO5. The summed E-state index contributed by atoms with van der Waals surface area (Å²) in [5.74, 6) is -1.04. The summed E-state index contributed by atoms with van der Waals surface area (Å²) in [4.78, 5) is 29.2. The Balaban J connectivity index is 2.22. The van der Waals surface area contributed by atoms with Crippen LogP contribution in [0.4, 0.5) is 0 Å². The van der Waals surface area contributed by atoms with Gasteiger partial charge in [0.05, 0.1) is 23.4 Å². The second-order valence-corrected chi connectivity index (χ2v) is 6.01. The first-order chi connectivity index (χ1) is 13.7. The maximum Gasteiger partial charge on any atom is 0.340 e. The number of hydrogen-bond acceptors (Lipinski definition) is 6. The number of carbonyl (C=O) groups excluding carboxylic acids is 2. The molecule has 0 saturated heterocycles. The van der Waals surface area contributed by atoms with Gasteiger partial charge in [0.2, 0.25) is 0 Å². The van der Waals surface area contributed by atoms with Crippen molar-refractivity contribution in [3.63, 3.8) is 0 Å². The highest BCUT2D eigenvalue weighted by Crippen LogP contribution is 2.34. The molecule has 3 rings (SSSR count). The molecule has 0 atom stereocenters. The number of pyridine rings is 1. The Bertz CT molecular complexity index is 985. The van der Waals surface area contributed by atoms with E-state index in [1.54, 1.807) is 6.92 Å². The number of nitrogens with zero attached hydrogens (tertiary/aromatic N) is 1. The van der Waals surface area contributed by atoms with E-state index in [1.807, 2.05) is 54.6 Å². The summed E-state index contributed by atoms with van der Waals surface area (Å²) in [6.45, 7) is 1.64. The largest absolute Gasteiger partial charge is 0.462 e. The van der Waals surface area contributed by atoms with Gasteiger partial charge >= 0.3 is 11.9 Å². The average molecular weight is 379 g/mol. The van der Waals surface area contributed by atoms with Gasteiger partial charge in [-0.25, -0.2) is 14.6 Å². The zero-order chi connectivity index (χ0) is 19.9. The molecule has 1 aromatic heterocycles. The number of hydrogen-bond donors (Lipinski definition) is 0. The predicted octanol–water partition coefficient (Wildman–Crippen LogP) is 3.77. The topological polar surface area (TPSA) is 74.7 Å². The summed E-state index contributed by atoms with van der Waals surface area (Å²) < 4.78 is 15.3. The zero-order valence-corrected chi connectivity index (χ0v) is 15.8. The van der Waals surface area contributed by atoms with E-state index in [-0.39, 0.29) is 19.8 Å². The number of benzene rings is 2. The average Bonchev–Trinajstić information content (AvgIpc) is 2.72. The van der Waals surface area contributed by atoms with Crippen LogP contribution in [-0.2, 0) is 25.6 Å². The van der Waals surface area contributed by atoms with Crippen LogP contribution in [0.5, 0.6) is 0 Å². The molecule has 0 bridgehead atoms. The fraction of sp³-hybridized carbons (Fsp3) is 0.227. The van der Waals surface area contributed by atoms with Gasteiger partial charge in [-0.1, -0.05) is 48.5 Å². The number of ether oxygens (including phenoxy) is 3. The second-order valence-electron chi connectivity index (χ2n) is 6.01. The van der Waals surface area contributed by atoms with Crippen molar-refractivity contribution in [1.29, 1.82) is 0 Å². The highest BCUT2D eigenvalue weighted by atomic mass is 16.6. The van der Waals surface area contributed by atoms with E-state index in [2.05, 4.69) is 4.98 Å². The molecule has 0 spiro atoms. The summed E-state index contributed by atoms with van der Waals surface area (Å²) in [5, 5.41) is 0.823. The Hall–Kier alpha value is -3.25. The molecule has 0 amide bonds. The number of fused-ring (bicyclic) bond motifs is 1. The lowest BCUT2D eigenvalue weighted by atomic mass is 9.94. The van der Waals surface area contributed by atoms with Crippen LogP contribution in [0.3, 0.4) is 0 Å². The van der Waals surface area contributed by atoms with Crippen LogP contribution >= 0.6 is 0 Å². The Labute approximate surface area is 163 Å². The minimum absolute atomic E-state index is 0.152. The van der Waals surface area contributed by atoms with Crippen molar-refractivity contribution in [2.75, 3.05) is 20.3 Å². The molecule has 6 heteroatoms. The first-order valence-electron chi connectivity index (χ1n) is 8.94. The van der Waals surface area contributed by atoms with Crippen molar-refractivity contribution in [3.05, 3.63) is 65.9 Å². The summed E-state index contributed by atoms with van der Waals surface area (Å²) in [7, 11) is 1.41. The molecule has 2 aromatic carbocycles. The smallest absolute Gasteiger partial charge is 0.340 e. The highest BCUT2D eigenvalue weighted by Gasteiger charge is 2.24. The third-order valence-corrected chi connectivity index (χ3v) is 4.14. The van der Waals surface area contributed by atoms with Crippen LogP contribution in [0.1, 0.15) is 23.0 Å². The maximum absolute atomic E-state index is 12.8. The molecule has 0 unspecified atom stereocenters. The van der Waals surface area contributed by atoms with Crippen LogP contribution in [-0.4, -0.2) is 37.2 Å². The van der Waals surface area contributed by atoms with E-state index >= 15 is 0 Å². The van der Waals surface area contributed by atoms with Crippen molar-refractivity contribution in [1.82, 2.24) is 4.98 Å². The van der Waals surface area contributed by atoms with Gasteiger partial charge < -0.3 is 14.2 Å². The lowest BCUT2D eigenvalue weighted by Gasteiger charge is -2.16. The maximum atomic E-state index is 12.8. The quantitative estimate of drug-likeness (QED) is 0.582. The lowest BCUT2D eigenvalue weighted by molar-refractivity contribution is -0.149. The van der Waals surface area contributed by atoms with Gasteiger partial charge in [0.1, 0.15) is 13.2 Å². The monoisotopic (exact) mass is 379 g/mol. The lowest BCUT2D eigenvalue weighted by Crippen LogP contribution is -2.16. The Kier molecular flexibility index (Phi) is 6.34. The number of rotatable bonds is 7. The number of aromatic nitrogens is 1. The summed E-state index contributed by atoms with van der Waals surface area (Å²) in [5.41, 5.74) is 2.92. The first kappa shape index (κ1) is 19.5. The zero-order valence-electron chi connectivity index (χ0n) is 15.8. The van der Waals surface area contributed by atoms with Gasteiger partial charge in [-0.05, 0) is 18.6 Å². The summed E-state index contributed by atoms with van der Waals surface area (Å²) >= 11 is 0. The number of carbonyl (C=O) groups is 2. The minimum atomic E-state index is -0.534. The van der Waals surface area contributed by atoms with Crippen LogP contribution in [0.25, 0.3) is 22.0 Å². The van der Waals surface area contributed by atoms with Crippen LogP contribution in [0, 0.1) is 0 Å². The molecule has 0 N–H and O–H groups in total. The molecule has 0 aliphatic heterocycles. The Morgan fingerprint density at radius 1 is 0.964 bits per heavy atom. The SMILES string of the molecule is CCOC(=O)c1c(COC(=O)COC)nc2ccccc2c1-c1ccccc1. The molecule has 0 radical (unpaired) electrons. The summed E-state index contributed by atoms with van der Waals surface area (Å²) in [6.07, 6.45) is 0. The normalized spacial score (nSPS) is 10.6. The highest BCUT2D eigenvalue weighted by molar-refractivity contribution is 6.07. The molecule has 0 fully saturated rings. The molecule has 6 nitrogen and oxygen atoms in total. The Morgan fingerprint density at radius 3 is 2.39 bits per heavy atom. The van der Waals surface area contributed by atoms with Crippen molar-refractivity contribution in [2.45, 2.75) is 13.5 Å². The van der Waals surface area contributed by atoms with E-state index < -0.39 is 11.9 Å².